The minimum Gasteiger partial charge on any atom is -0.251 e. The van der Waals surface area contributed by atoms with Crippen LogP contribution in [0.1, 0.15) is 31.2 Å². The van der Waals surface area contributed by atoms with Gasteiger partial charge >= 0.3 is 0 Å². The number of hydrogen-bond donors (Lipinski definition) is 0. The van der Waals surface area contributed by atoms with E-state index in [9.17, 15) is 0 Å². The second kappa shape index (κ2) is 3.29. The summed E-state index contributed by atoms with van der Waals surface area (Å²) in [5.41, 5.74) is 3.47. The van der Waals surface area contributed by atoms with E-state index in [1.807, 2.05) is 6.92 Å². The monoisotopic (exact) mass is 188 g/mol. The average molecular weight is 188 g/mol. The van der Waals surface area contributed by atoms with E-state index in [0.717, 1.165) is 22.4 Å². The Balaban J connectivity index is 2.82. The lowest BCUT2D eigenvalue weighted by Gasteiger charge is -2.06. The van der Waals surface area contributed by atoms with Crippen LogP contribution in [0.3, 0.4) is 0 Å². The molecule has 0 aliphatic carbocycles. The van der Waals surface area contributed by atoms with Crippen molar-refractivity contribution in [3.05, 3.63) is 23.8 Å². The Bertz CT molecular complexity index is 465. The first-order valence-corrected chi connectivity index (χ1v) is 4.64. The van der Waals surface area contributed by atoms with Gasteiger partial charge in [-0.25, -0.2) is 0 Å². The van der Waals surface area contributed by atoms with E-state index in [4.69, 9.17) is 0 Å². The predicted octanol–water partition coefficient (Wildman–Crippen LogP) is 1.85. The number of rotatable bonds is 1. The summed E-state index contributed by atoms with van der Waals surface area (Å²) in [6, 6.07) is 0. The fourth-order valence-corrected chi connectivity index (χ4v) is 1.40. The molecule has 4 nitrogen and oxygen atoms in total. The number of hydrogen-bond acceptors (Lipinski definition) is 4. The molecule has 0 amide bonds. The summed E-state index contributed by atoms with van der Waals surface area (Å²) in [7, 11) is 0. The van der Waals surface area contributed by atoms with Crippen LogP contribution in [-0.4, -0.2) is 20.2 Å². The van der Waals surface area contributed by atoms with Gasteiger partial charge in [-0.2, -0.15) is 10.2 Å². The smallest absolute Gasteiger partial charge is 0.114 e. The van der Waals surface area contributed by atoms with Gasteiger partial charge in [0.25, 0.3) is 0 Å². The second-order valence-corrected chi connectivity index (χ2v) is 3.58. The fraction of sp³-hybridized carbons (Fsp3) is 0.400. The predicted molar refractivity (Wildman–Crippen MR) is 54.0 cm³/mol. The quantitative estimate of drug-likeness (QED) is 0.685. The molecule has 2 heterocycles. The van der Waals surface area contributed by atoms with Gasteiger partial charge in [0.1, 0.15) is 11.0 Å². The molecule has 0 aliphatic rings. The highest BCUT2D eigenvalue weighted by atomic mass is 15.1. The number of aromatic nitrogens is 4. The molecule has 0 aliphatic heterocycles. The van der Waals surface area contributed by atoms with E-state index in [2.05, 4.69) is 34.0 Å². The number of fused-ring (bicyclic) bond motifs is 1. The summed E-state index contributed by atoms with van der Waals surface area (Å²) in [6.07, 6.45) is 3.37. The molecule has 0 unspecified atom stereocenters. The zero-order valence-electron chi connectivity index (χ0n) is 8.52. The van der Waals surface area contributed by atoms with E-state index in [-0.39, 0.29) is 0 Å². The third kappa shape index (κ3) is 1.32. The molecule has 72 valence electrons. The highest BCUT2D eigenvalue weighted by molar-refractivity contribution is 5.78. The SMILES string of the molecule is Cc1nnc(C(C)C)c2nccnc12. The molecule has 2 aromatic rings. The molecule has 0 saturated heterocycles. The van der Waals surface area contributed by atoms with Crippen molar-refractivity contribution >= 4 is 11.0 Å². The minimum atomic E-state index is 0.322. The lowest BCUT2D eigenvalue weighted by molar-refractivity contribution is 0.786. The van der Waals surface area contributed by atoms with Gasteiger partial charge < -0.3 is 0 Å². The molecule has 0 saturated carbocycles. The summed E-state index contributed by atoms with van der Waals surface area (Å²) < 4.78 is 0. The topological polar surface area (TPSA) is 51.6 Å². The first-order chi connectivity index (χ1) is 6.70. The third-order valence-corrected chi connectivity index (χ3v) is 2.14. The van der Waals surface area contributed by atoms with Crippen molar-refractivity contribution in [2.75, 3.05) is 0 Å². The maximum atomic E-state index is 4.30. The third-order valence-electron chi connectivity index (χ3n) is 2.14. The van der Waals surface area contributed by atoms with Crippen LogP contribution in [0.15, 0.2) is 12.4 Å². The standard InChI is InChI=1S/C10H12N4/c1-6(2)8-10-9(7(3)13-14-8)11-4-5-12-10/h4-6H,1-3H3. The van der Waals surface area contributed by atoms with Gasteiger partial charge in [0.15, 0.2) is 0 Å². The van der Waals surface area contributed by atoms with E-state index in [1.54, 1.807) is 12.4 Å². The van der Waals surface area contributed by atoms with Gasteiger partial charge in [0.2, 0.25) is 0 Å². The van der Waals surface area contributed by atoms with Crippen molar-refractivity contribution < 1.29 is 0 Å². The Kier molecular flexibility index (Phi) is 2.11. The average Bonchev–Trinajstić information content (AvgIpc) is 2.18. The molecule has 0 bridgehead atoms. The van der Waals surface area contributed by atoms with Crippen LogP contribution in [0.5, 0.6) is 0 Å². The van der Waals surface area contributed by atoms with Gasteiger partial charge in [-0.1, -0.05) is 13.8 Å². The first kappa shape index (κ1) is 8.99. The molecule has 0 fully saturated rings. The van der Waals surface area contributed by atoms with Crippen LogP contribution >= 0.6 is 0 Å². The molecule has 0 radical (unpaired) electrons. The van der Waals surface area contributed by atoms with E-state index in [0.29, 0.717) is 5.92 Å². The molecule has 2 aromatic heterocycles. The van der Waals surface area contributed by atoms with Crippen LogP contribution in [0.25, 0.3) is 11.0 Å². The summed E-state index contributed by atoms with van der Waals surface area (Å²) in [5.74, 6) is 0.322. The van der Waals surface area contributed by atoms with Crippen LogP contribution in [0.2, 0.25) is 0 Å². The zero-order chi connectivity index (χ0) is 10.1. The van der Waals surface area contributed by atoms with E-state index in [1.165, 1.54) is 0 Å². The molecule has 14 heavy (non-hydrogen) atoms. The lowest BCUT2D eigenvalue weighted by Crippen LogP contribution is -2.01. The summed E-state index contributed by atoms with van der Waals surface area (Å²) in [6.45, 7) is 6.05. The zero-order valence-corrected chi connectivity index (χ0v) is 8.52. The molecule has 2 rings (SSSR count). The van der Waals surface area contributed by atoms with Crippen LogP contribution in [0.4, 0.5) is 0 Å². The van der Waals surface area contributed by atoms with Crippen molar-refractivity contribution in [3.63, 3.8) is 0 Å². The molecular weight excluding hydrogens is 176 g/mol. The highest BCUT2D eigenvalue weighted by Crippen LogP contribution is 2.20. The van der Waals surface area contributed by atoms with Gasteiger partial charge in [0, 0.05) is 12.4 Å². The Morgan fingerprint density at radius 3 is 2.29 bits per heavy atom. The fourth-order valence-electron chi connectivity index (χ4n) is 1.40. The molecule has 4 heteroatoms. The maximum absolute atomic E-state index is 4.30. The van der Waals surface area contributed by atoms with Crippen molar-refractivity contribution in [1.82, 2.24) is 20.2 Å². The molecule has 0 atom stereocenters. The Morgan fingerprint density at radius 2 is 1.64 bits per heavy atom. The van der Waals surface area contributed by atoms with Gasteiger partial charge in [0.05, 0.1) is 11.4 Å². The van der Waals surface area contributed by atoms with Crippen molar-refractivity contribution in [2.24, 2.45) is 0 Å². The van der Waals surface area contributed by atoms with Crippen molar-refractivity contribution in [1.29, 1.82) is 0 Å². The van der Waals surface area contributed by atoms with E-state index < -0.39 is 0 Å². The number of aryl methyl sites for hydroxylation is 1. The first-order valence-electron chi connectivity index (χ1n) is 4.64. The number of nitrogens with zero attached hydrogens (tertiary/aromatic N) is 4. The largest absolute Gasteiger partial charge is 0.251 e. The van der Waals surface area contributed by atoms with Gasteiger partial charge in [-0.05, 0) is 12.8 Å². The normalized spacial score (nSPS) is 11.1. The molecule has 0 N–H and O–H groups in total. The summed E-state index contributed by atoms with van der Waals surface area (Å²) >= 11 is 0. The van der Waals surface area contributed by atoms with Crippen LogP contribution in [-0.2, 0) is 0 Å². The Morgan fingerprint density at radius 1 is 1.00 bits per heavy atom. The van der Waals surface area contributed by atoms with Crippen LogP contribution < -0.4 is 0 Å². The van der Waals surface area contributed by atoms with Crippen LogP contribution in [0, 0.1) is 6.92 Å². The van der Waals surface area contributed by atoms with Crippen molar-refractivity contribution in [2.45, 2.75) is 26.7 Å². The lowest BCUT2D eigenvalue weighted by atomic mass is 10.1. The highest BCUT2D eigenvalue weighted by Gasteiger charge is 2.11. The second-order valence-electron chi connectivity index (χ2n) is 3.58. The Hall–Kier alpha value is -1.58. The van der Waals surface area contributed by atoms with Gasteiger partial charge in [-0.3, -0.25) is 9.97 Å². The minimum absolute atomic E-state index is 0.322. The summed E-state index contributed by atoms with van der Waals surface area (Å²) in [4.78, 5) is 8.56. The molecule has 0 aromatic carbocycles. The molecule has 0 spiro atoms. The summed E-state index contributed by atoms with van der Waals surface area (Å²) in [5, 5.41) is 8.23. The van der Waals surface area contributed by atoms with Gasteiger partial charge in [-0.15, -0.1) is 0 Å². The maximum Gasteiger partial charge on any atom is 0.114 e. The van der Waals surface area contributed by atoms with E-state index >= 15 is 0 Å². The Labute approximate surface area is 82.4 Å². The molecular formula is C10H12N4. The van der Waals surface area contributed by atoms with Crippen molar-refractivity contribution in [3.8, 4) is 0 Å².